The molecule has 0 radical (unpaired) electrons. The number of alkyl halides is 2. The van der Waals surface area contributed by atoms with Gasteiger partial charge in [-0.05, 0) is 37.1 Å². The van der Waals surface area contributed by atoms with E-state index in [1.807, 2.05) is 19.2 Å². The minimum atomic E-state index is -3.26. The molecule has 2 nitrogen and oxygen atoms in total. The van der Waals surface area contributed by atoms with Crippen LogP contribution in [0.4, 0.5) is 14.5 Å². The predicted octanol–water partition coefficient (Wildman–Crippen LogP) is 2.66. The SMILES string of the molecule is Cc1cc2c(cc1C)OC(F)(F)N2. The van der Waals surface area contributed by atoms with Gasteiger partial charge in [-0.3, -0.25) is 5.32 Å². The van der Waals surface area contributed by atoms with Crippen LogP contribution in [0.1, 0.15) is 11.1 Å². The molecule has 4 heteroatoms. The van der Waals surface area contributed by atoms with E-state index in [4.69, 9.17) is 0 Å². The molecule has 0 amide bonds. The van der Waals surface area contributed by atoms with Crippen LogP contribution in [0.5, 0.6) is 5.75 Å². The van der Waals surface area contributed by atoms with E-state index in [1.165, 1.54) is 0 Å². The molecule has 1 aliphatic heterocycles. The Hall–Kier alpha value is -1.32. The number of benzene rings is 1. The first-order chi connectivity index (χ1) is 5.98. The molecule has 1 aromatic rings. The summed E-state index contributed by atoms with van der Waals surface area (Å²) in [6.07, 6.45) is -3.26. The molecule has 1 aromatic carbocycles. The van der Waals surface area contributed by atoms with E-state index in [1.54, 1.807) is 12.1 Å². The maximum atomic E-state index is 12.7. The van der Waals surface area contributed by atoms with Crippen molar-refractivity contribution in [3.05, 3.63) is 23.3 Å². The molecule has 0 aromatic heterocycles. The average Bonchev–Trinajstić information content (AvgIpc) is 2.24. The number of hydrogen-bond donors (Lipinski definition) is 1. The number of halogens is 2. The highest BCUT2D eigenvalue weighted by atomic mass is 19.3. The lowest BCUT2D eigenvalue weighted by Crippen LogP contribution is -2.28. The molecular formula is C9H9F2NO. The Bertz CT molecular complexity index is 330. The van der Waals surface area contributed by atoms with E-state index in [9.17, 15) is 8.78 Å². The van der Waals surface area contributed by atoms with Crippen LogP contribution in [0, 0.1) is 13.8 Å². The molecule has 0 spiro atoms. The maximum absolute atomic E-state index is 12.7. The minimum absolute atomic E-state index is 0.216. The normalized spacial score (nSPS) is 17.5. The smallest absolute Gasteiger partial charge is 0.413 e. The van der Waals surface area contributed by atoms with Crippen LogP contribution in [0.25, 0.3) is 0 Å². The van der Waals surface area contributed by atoms with Crippen molar-refractivity contribution in [3.63, 3.8) is 0 Å². The number of nitrogens with one attached hydrogen (secondary N) is 1. The van der Waals surface area contributed by atoms with Crippen LogP contribution >= 0.6 is 0 Å². The van der Waals surface area contributed by atoms with Crippen LogP contribution in [-0.4, -0.2) is 6.23 Å². The van der Waals surface area contributed by atoms with Gasteiger partial charge >= 0.3 is 6.23 Å². The van der Waals surface area contributed by atoms with E-state index in [0.717, 1.165) is 11.1 Å². The molecule has 2 rings (SSSR count). The Morgan fingerprint density at radius 2 is 1.85 bits per heavy atom. The first kappa shape index (κ1) is 8.29. The summed E-state index contributed by atoms with van der Waals surface area (Å²) in [6.45, 7) is 3.73. The fourth-order valence-corrected chi connectivity index (χ4v) is 1.29. The van der Waals surface area contributed by atoms with E-state index in [-0.39, 0.29) is 5.75 Å². The van der Waals surface area contributed by atoms with Gasteiger partial charge in [0.15, 0.2) is 5.75 Å². The summed E-state index contributed by atoms with van der Waals surface area (Å²) in [5.74, 6) is 0.216. The second-order valence-corrected chi connectivity index (χ2v) is 3.18. The van der Waals surface area contributed by atoms with Crippen LogP contribution in [0.2, 0.25) is 0 Å². The van der Waals surface area contributed by atoms with Crippen molar-refractivity contribution in [1.29, 1.82) is 0 Å². The third-order valence-electron chi connectivity index (χ3n) is 2.11. The van der Waals surface area contributed by atoms with E-state index in [2.05, 4.69) is 4.74 Å². The van der Waals surface area contributed by atoms with E-state index in [0.29, 0.717) is 5.69 Å². The first-order valence-corrected chi connectivity index (χ1v) is 3.94. The van der Waals surface area contributed by atoms with Crippen molar-refractivity contribution < 1.29 is 13.5 Å². The van der Waals surface area contributed by atoms with Gasteiger partial charge in [0.05, 0.1) is 5.69 Å². The summed E-state index contributed by atoms with van der Waals surface area (Å²) in [6, 6.07) is 3.27. The molecule has 0 bridgehead atoms. The summed E-state index contributed by atoms with van der Waals surface area (Å²) in [5, 5.41) is 1.99. The summed E-state index contributed by atoms with van der Waals surface area (Å²) >= 11 is 0. The van der Waals surface area contributed by atoms with Gasteiger partial charge in [0.25, 0.3) is 0 Å². The number of ether oxygens (including phenoxy) is 1. The highest BCUT2D eigenvalue weighted by molar-refractivity contribution is 5.63. The van der Waals surface area contributed by atoms with Gasteiger partial charge in [0.1, 0.15) is 0 Å². The molecule has 13 heavy (non-hydrogen) atoms. The third-order valence-corrected chi connectivity index (χ3v) is 2.11. The number of rotatable bonds is 0. The van der Waals surface area contributed by atoms with Gasteiger partial charge in [-0.25, -0.2) is 0 Å². The fraction of sp³-hybridized carbons (Fsp3) is 0.333. The summed E-state index contributed by atoms with van der Waals surface area (Å²) in [7, 11) is 0. The lowest BCUT2D eigenvalue weighted by molar-refractivity contribution is -0.138. The van der Waals surface area contributed by atoms with Gasteiger partial charge in [-0.1, -0.05) is 0 Å². The highest BCUT2D eigenvalue weighted by Gasteiger charge is 2.39. The standard InChI is InChI=1S/C9H9F2NO/c1-5-3-7-8(4-6(5)2)13-9(10,11)12-7/h3-4,12H,1-2H3. The third kappa shape index (κ3) is 1.32. The van der Waals surface area contributed by atoms with Crippen molar-refractivity contribution in [1.82, 2.24) is 0 Å². The second-order valence-electron chi connectivity index (χ2n) is 3.18. The maximum Gasteiger partial charge on any atom is 0.494 e. The van der Waals surface area contributed by atoms with Gasteiger partial charge in [-0.15, -0.1) is 8.78 Å². The Balaban J connectivity index is 2.48. The Morgan fingerprint density at radius 1 is 1.23 bits per heavy atom. The predicted molar refractivity (Wildman–Crippen MR) is 45.1 cm³/mol. The molecule has 0 saturated carbocycles. The minimum Gasteiger partial charge on any atom is -0.413 e. The van der Waals surface area contributed by atoms with Crippen molar-refractivity contribution in [3.8, 4) is 5.75 Å². The van der Waals surface area contributed by atoms with Gasteiger partial charge in [-0.2, -0.15) is 0 Å². The van der Waals surface area contributed by atoms with Crippen LogP contribution in [0.3, 0.4) is 0 Å². The molecular weight excluding hydrogens is 176 g/mol. The molecule has 0 saturated heterocycles. The average molecular weight is 185 g/mol. The van der Waals surface area contributed by atoms with Crippen LogP contribution in [0.15, 0.2) is 12.1 Å². The number of fused-ring (bicyclic) bond motifs is 1. The monoisotopic (exact) mass is 185 g/mol. The molecule has 0 unspecified atom stereocenters. The molecule has 1 heterocycles. The summed E-state index contributed by atoms with van der Waals surface area (Å²) in [4.78, 5) is 0. The Labute approximate surface area is 74.5 Å². The topological polar surface area (TPSA) is 21.3 Å². The largest absolute Gasteiger partial charge is 0.494 e. The Kier molecular flexibility index (Phi) is 1.49. The number of hydrogen-bond acceptors (Lipinski definition) is 2. The van der Waals surface area contributed by atoms with Crippen molar-refractivity contribution in [2.45, 2.75) is 20.1 Å². The van der Waals surface area contributed by atoms with Crippen molar-refractivity contribution in [2.24, 2.45) is 0 Å². The van der Waals surface area contributed by atoms with E-state index < -0.39 is 6.23 Å². The summed E-state index contributed by atoms with van der Waals surface area (Å²) < 4.78 is 29.7. The molecule has 1 N–H and O–H groups in total. The number of anilines is 1. The summed E-state index contributed by atoms with van der Waals surface area (Å²) in [5.41, 5.74) is 2.26. The molecule has 1 aliphatic rings. The van der Waals surface area contributed by atoms with Gasteiger partial charge < -0.3 is 4.74 Å². The zero-order valence-corrected chi connectivity index (χ0v) is 7.32. The highest BCUT2D eigenvalue weighted by Crippen LogP contribution is 2.39. The lowest BCUT2D eigenvalue weighted by atomic mass is 10.1. The Morgan fingerprint density at radius 3 is 2.54 bits per heavy atom. The van der Waals surface area contributed by atoms with Gasteiger partial charge in [0.2, 0.25) is 0 Å². The lowest BCUT2D eigenvalue weighted by Gasteiger charge is -2.06. The molecule has 0 fully saturated rings. The first-order valence-electron chi connectivity index (χ1n) is 3.94. The zero-order chi connectivity index (χ0) is 9.64. The van der Waals surface area contributed by atoms with Crippen LogP contribution < -0.4 is 10.1 Å². The zero-order valence-electron chi connectivity index (χ0n) is 7.32. The number of aryl methyl sites for hydroxylation is 2. The van der Waals surface area contributed by atoms with E-state index >= 15 is 0 Å². The molecule has 70 valence electrons. The van der Waals surface area contributed by atoms with Crippen molar-refractivity contribution >= 4 is 5.69 Å². The molecule has 0 atom stereocenters. The second kappa shape index (κ2) is 2.34. The van der Waals surface area contributed by atoms with Crippen LogP contribution in [-0.2, 0) is 0 Å². The fourth-order valence-electron chi connectivity index (χ4n) is 1.29. The molecule has 0 aliphatic carbocycles. The quantitative estimate of drug-likeness (QED) is 0.627. The van der Waals surface area contributed by atoms with Gasteiger partial charge in [0, 0.05) is 0 Å². The van der Waals surface area contributed by atoms with Crippen molar-refractivity contribution in [2.75, 3.05) is 5.32 Å².